The van der Waals surface area contributed by atoms with Crippen LogP contribution in [0.5, 0.6) is 0 Å². The van der Waals surface area contributed by atoms with Crippen molar-refractivity contribution in [3.05, 3.63) is 11.6 Å². The third-order valence-electron chi connectivity index (χ3n) is 6.83. The zero-order valence-corrected chi connectivity index (χ0v) is 17.0. The molecular weight excluding hydrogens is 344 g/mol. The van der Waals surface area contributed by atoms with Crippen molar-refractivity contribution in [2.45, 2.75) is 89.1 Å². The minimum atomic E-state index is -0.309. The maximum absolute atomic E-state index is 12.3. The van der Waals surface area contributed by atoms with Gasteiger partial charge in [0.25, 0.3) is 0 Å². The number of nitrogens with one attached hydrogen (secondary N) is 1. The average Bonchev–Trinajstić information content (AvgIpc) is 3.54. The summed E-state index contributed by atoms with van der Waals surface area (Å²) in [5, 5.41) is 1.98. The standard InChI is InChI=1S/C21H34N2O4/c1-15(2)7-8-18-20(3,27-18)17-13-16(9-10-21(17)14-25-21)26-19(24)22-23-11-5-4-6-12-23/h7,16-18H,4-6,8-14H2,1-3H3,(H,22,24)/t16-,17-,18-,20-,21+/m1/s1. The van der Waals surface area contributed by atoms with Crippen LogP contribution in [0.2, 0.25) is 0 Å². The van der Waals surface area contributed by atoms with Crippen LogP contribution in [0.25, 0.3) is 0 Å². The van der Waals surface area contributed by atoms with Crippen molar-refractivity contribution in [2.24, 2.45) is 5.92 Å². The third kappa shape index (κ3) is 4.17. The average molecular weight is 379 g/mol. The van der Waals surface area contributed by atoms with Crippen molar-refractivity contribution in [2.75, 3.05) is 19.7 Å². The molecule has 0 bridgehead atoms. The molecule has 27 heavy (non-hydrogen) atoms. The van der Waals surface area contributed by atoms with E-state index in [1.54, 1.807) is 0 Å². The van der Waals surface area contributed by atoms with Crippen LogP contribution in [0, 0.1) is 5.92 Å². The van der Waals surface area contributed by atoms with Gasteiger partial charge in [0.2, 0.25) is 0 Å². The Morgan fingerprint density at radius 1 is 1.30 bits per heavy atom. The fourth-order valence-electron chi connectivity index (χ4n) is 4.99. The summed E-state index contributed by atoms with van der Waals surface area (Å²) in [6.07, 6.45) is 9.25. The molecule has 4 rings (SSSR count). The van der Waals surface area contributed by atoms with Gasteiger partial charge < -0.3 is 14.2 Å². The minimum absolute atomic E-state index is 0.0440. The fraction of sp³-hybridized carbons (Fsp3) is 0.857. The lowest BCUT2D eigenvalue weighted by Crippen LogP contribution is -2.48. The summed E-state index contributed by atoms with van der Waals surface area (Å²) >= 11 is 0. The molecule has 1 N–H and O–H groups in total. The van der Waals surface area contributed by atoms with Gasteiger partial charge in [0.15, 0.2) is 0 Å². The molecular formula is C21H34N2O4. The molecule has 5 atom stereocenters. The number of carbonyl (C=O) groups excluding carboxylic acids is 1. The Kier molecular flexibility index (Phi) is 5.25. The Hall–Kier alpha value is -1.11. The molecule has 1 aliphatic carbocycles. The van der Waals surface area contributed by atoms with E-state index in [-0.39, 0.29) is 29.5 Å². The van der Waals surface area contributed by atoms with Crippen LogP contribution in [-0.4, -0.2) is 54.2 Å². The highest BCUT2D eigenvalue weighted by atomic mass is 16.6. The van der Waals surface area contributed by atoms with Gasteiger partial charge in [0, 0.05) is 19.0 Å². The summed E-state index contributed by atoms with van der Waals surface area (Å²) in [6, 6.07) is 0. The lowest BCUT2D eigenvalue weighted by molar-refractivity contribution is -0.00599. The van der Waals surface area contributed by atoms with Gasteiger partial charge in [-0.1, -0.05) is 18.1 Å². The summed E-state index contributed by atoms with van der Waals surface area (Å²) in [5.41, 5.74) is 4.04. The van der Waals surface area contributed by atoms with E-state index in [1.807, 2.05) is 5.01 Å². The van der Waals surface area contributed by atoms with Gasteiger partial charge in [0.05, 0.1) is 23.9 Å². The van der Waals surface area contributed by atoms with Crippen molar-refractivity contribution in [3.63, 3.8) is 0 Å². The Labute approximate surface area is 162 Å². The van der Waals surface area contributed by atoms with Crippen LogP contribution in [0.3, 0.4) is 0 Å². The molecule has 0 aromatic heterocycles. The molecule has 3 saturated heterocycles. The minimum Gasteiger partial charge on any atom is -0.445 e. The quantitative estimate of drug-likeness (QED) is 0.585. The molecule has 152 valence electrons. The predicted molar refractivity (Wildman–Crippen MR) is 102 cm³/mol. The third-order valence-corrected chi connectivity index (χ3v) is 6.83. The number of ether oxygens (including phenoxy) is 3. The number of hydrazine groups is 1. The Morgan fingerprint density at radius 2 is 2.04 bits per heavy atom. The Morgan fingerprint density at radius 3 is 2.70 bits per heavy atom. The highest BCUT2D eigenvalue weighted by molar-refractivity contribution is 5.66. The molecule has 6 heteroatoms. The van der Waals surface area contributed by atoms with Gasteiger partial charge in [-0.25, -0.2) is 9.80 Å². The van der Waals surface area contributed by atoms with E-state index in [9.17, 15) is 4.79 Å². The van der Waals surface area contributed by atoms with Crippen LogP contribution in [0.4, 0.5) is 4.79 Å². The smallest absolute Gasteiger partial charge is 0.422 e. The first-order valence-corrected chi connectivity index (χ1v) is 10.6. The molecule has 3 heterocycles. The topological polar surface area (TPSA) is 66.6 Å². The predicted octanol–water partition coefficient (Wildman–Crippen LogP) is 3.57. The van der Waals surface area contributed by atoms with Gasteiger partial charge in [-0.2, -0.15) is 0 Å². The first kappa shape index (κ1) is 19.2. The number of amides is 1. The van der Waals surface area contributed by atoms with Gasteiger partial charge >= 0.3 is 6.09 Å². The summed E-state index contributed by atoms with van der Waals surface area (Å²) in [4.78, 5) is 12.3. The van der Waals surface area contributed by atoms with Gasteiger partial charge in [-0.05, 0) is 59.3 Å². The van der Waals surface area contributed by atoms with Gasteiger partial charge in [-0.15, -0.1) is 0 Å². The van der Waals surface area contributed by atoms with E-state index in [1.165, 1.54) is 12.0 Å². The van der Waals surface area contributed by atoms with E-state index in [4.69, 9.17) is 14.2 Å². The number of piperidine rings is 1. The second-order valence-corrected chi connectivity index (χ2v) is 9.17. The van der Waals surface area contributed by atoms with Crippen LogP contribution in [0.15, 0.2) is 11.6 Å². The maximum Gasteiger partial charge on any atom is 0.422 e. The highest BCUT2D eigenvalue weighted by Crippen LogP contribution is 2.59. The highest BCUT2D eigenvalue weighted by Gasteiger charge is 2.68. The number of hydrogen-bond donors (Lipinski definition) is 1. The molecule has 4 fully saturated rings. The fourth-order valence-corrected chi connectivity index (χ4v) is 4.99. The lowest BCUT2D eigenvalue weighted by atomic mass is 9.70. The van der Waals surface area contributed by atoms with Crippen LogP contribution in [0.1, 0.15) is 65.7 Å². The van der Waals surface area contributed by atoms with Gasteiger partial charge in [0.1, 0.15) is 6.10 Å². The van der Waals surface area contributed by atoms with Crippen molar-refractivity contribution in [3.8, 4) is 0 Å². The largest absolute Gasteiger partial charge is 0.445 e. The van der Waals surface area contributed by atoms with E-state index >= 15 is 0 Å². The number of nitrogens with zero attached hydrogens (tertiary/aromatic N) is 1. The van der Waals surface area contributed by atoms with E-state index in [0.29, 0.717) is 5.92 Å². The Bertz CT molecular complexity index is 593. The molecule has 0 unspecified atom stereocenters. The number of rotatable bonds is 5. The number of hydrogen-bond acceptors (Lipinski definition) is 5. The number of allylic oxidation sites excluding steroid dienone is 1. The van der Waals surface area contributed by atoms with E-state index in [0.717, 1.165) is 58.2 Å². The molecule has 0 radical (unpaired) electrons. The number of carbonyl (C=O) groups is 1. The maximum atomic E-state index is 12.3. The van der Waals surface area contributed by atoms with Crippen LogP contribution < -0.4 is 5.43 Å². The summed E-state index contributed by atoms with van der Waals surface area (Å²) in [5.74, 6) is 0.294. The first-order valence-electron chi connectivity index (χ1n) is 10.6. The van der Waals surface area contributed by atoms with Crippen molar-refractivity contribution < 1.29 is 19.0 Å². The molecule has 3 aliphatic heterocycles. The molecule has 1 saturated carbocycles. The number of epoxide rings is 2. The molecule has 1 spiro atoms. The SMILES string of the molecule is CC(C)=CC[C@H]1O[C@]1(C)[C@H]1C[C@H](OC(=O)NN2CCCCC2)CC[C@]12CO2. The van der Waals surface area contributed by atoms with Crippen molar-refractivity contribution in [1.29, 1.82) is 0 Å². The van der Waals surface area contributed by atoms with Crippen molar-refractivity contribution in [1.82, 2.24) is 10.4 Å². The molecule has 0 aromatic rings. The monoisotopic (exact) mass is 378 g/mol. The molecule has 0 aromatic carbocycles. The second-order valence-electron chi connectivity index (χ2n) is 9.17. The Balaban J connectivity index is 1.33. The van der Waals surface area contributed by atoms with E-state index in [2.05, 4.69) is 32.3 Å². The van der Waals surface area contributed by atoms with Crippen molar-refractivity contribution >= 4 is 6.09 Å². The molecule has 4 aliphatic rings. The zero-order chi connectivity index (χ0) is 19.1. The van der Waals surface area contributed by atoms with Gasteiger partial charge in [-0.3, -0.25) is 5.43 Å². The molecule has 6 nitrogen and oxygen atoms in total. The summed E-state index contributed by atoms with van der Waals surface area (Å²) in [6.45, 7) is 9.10. The lowest BCUT2D eigenvalue weighted by Gasteiger charge is -2.37. The molecule has 1 amide bonds. The first-order chi connectivity index (χ1) is 12.9. The van der Waals surface area contributed by atoms with Crippen LogP contribution in [-0.2, 0) is 14.2 Å². The zero-order valence-electron chi connectivity index (χ0n) is 17.0. The summed E-state index contributed by atoms with van der Waals surface area (Å²) < 4.78 is 17.8. The summed E-state index contributed by atoms with van der Waals surface area (Å²) in [7, 11) is 0. The normalized spacial score (nSPS) is 41.1. The second kappa shape index (κ2) is 7.37. The van der Waals surface area contributed by atoms with Crippen LogP contribution >= 0.6 is 0 Å². The van der Waals surface area contributed by atoms with E-state index < -0.39 is 0 Å².